The van der Waals surface area contributed by atoms with E-state index in [2.05, 4.69) is 43.1 Å². The van der Waals surface area contributed by atoms with Crippen molar-refractivity contribution in [1.82, 2.24) is 5.32 Å². The number of furan rings is 1. The molecule has 1 aromatic heterocycles. The molecule has 3 aromatic rings. The van der Waals surface area contributed by atoms with Crippen LogP contribution in [0.25, 0.3) is 16.7 Å². The summed E-state index contributed by atoms with van der Waals surface area (Å²) in [5.41, 5.74) is 4.30. The van der Waals surface area contributed by atoms with Crippen LogP contribution in [0.5, 0.6) is 0 Å². The maximum Gasteiger partial charge on any atom is 0.150 e. The van der Waals surface area contributed by atoms with Gasteiger partial charge < -0.3 is 9.73 Å². The highest BCUT2D eigenvalue weighted by Crippen LogP contribution is 2.22. The van der Waals surface area contributed by atoms with Crippen molar-refractivity contribution < 1.29 is 4.42 Å². The molecule has 2 aromatic carbocycles. The van der Waals surface area contributed by atoms with E-state index in [1.165, 1.54) is 11.1 Å². The molecule has 1 heterocycles. The van der Waals surface area contributed by atoms with Crippen molar-refractivity contribution in [3.05, 3.63) is 78.1 Å². The molecule has 0 amide bonds. The van der Waals surface area contributed by atoms with E-state index in [9.17, 15) is 0 Å². The summed E-state index contributed by atoms with van der Waals surface area (Å²) < 4.78 is 5.79. The minimum atomic E-state index is 0.750. The highest BCUT2D eigenvalue weighted by molar-refractivity contribution is 5.81. The molecule has 21 heavy (non-hydrogen) atoms. The van der Waals surface area contributed by atoms with Gasteiger partial charge in [0.05, 0.1) is 5.70 Å². The lowest BCUT2D eigenvalue weighted by atomic mass is 10.1. The first-order chi connectivity index (χ1) is 10.3. The number of rotatable bonds is 5. The monoisotopic (exact) mass is 277 g/mol. The summed E-state index contributed by atoms with van der Waals surface area (Å²) in [6, 6.07) is 18.6. The highest BCUT2D eigenvalue weighted by Gasteiger charge is 2.06. The van der Waals surface area contributed by atoms with Crippen molar-refractivity contribution in [1.29, 1.82) is 0 Å². The van der Waals surface area contributed by atoms with Crippen LogP contribution in [0.2, 0.25) is 0 Å². The first-order valence-corrected chi connectivity index (χ1v) is 7.26. The van der Waals surface area contributed by atoms with E-state index in [0.717, 1.165) is 35.4 Å². The zero-order chi connectivity index (χ0) is 14.7. The molecule has 0 aliphatic rings. The number of hydrogen-bond donors (Lipinski definition) is 1. The average Bonchev–Trinajstić information content (AvgIpc) is 2.97. The summed E-state index contributed by atoms with van der Waals surface area (Å²) in [6.45, 7) is 6.98. The molecule has 106 valence electrons. The van der Waals surface area contributed by atoms with Gasteiger partial charge in [0, 0.05) is 11.9 Å². The Morgan fingerprint density at radius 2 is 1.76 bits per heavy atom. The first-order valence-electron chi connectivity index (χ1n) is 7.26. The van der Waals surface area contributed by atoms with E-state index < -0.39 is 0 Å². The fourth-order valence-corrected chi connectivity index (χ4v) is 2.32. The molecule has 0 aliphatic carbocycles. The molecular formula is C19H19NO. The third-order valence-corrected chi connectivity index (χ3v) is 3.66. The average molecular weight is 277 g/mol. The summed E-state index contributed by atoms with van der Waals surface area (Å²) in [7, 11) is 0. The van der Waals surface area contributed by atoms with Crippen LogP contribution in [0.1, 0.15) is 23.8 Å². The second-order valence-electron chi connectivity index (χ2n) is 5.15. The van der Waals surface area contributed by atoms with Crippen LogP contribution in [0.4, 0.5) is 0 Å². The molecule has 0 bridgehead atoms. The zero-order valence-electron chi connectivity index (χ0n) is 12.2. The molecule has 0 fully saturated rings. The van der Waals surface area contributed by atoms with E-state index in [0.29, 0.717) is 0 Å². The molecule has 2 nitrogen and oxygen atoms in total. The summed E-state index contributed by atoms with van der Waals surface area (Å²) in [4.78, 5) is 0. The minimum absolute atomic E-state index is 0.750. The van der Waals surface area contributed by atoms with Gasteiger partial charge in [-0.2, -0.15) is 0 Å². The molecule has 2 heteroatoms. The van der Waals surface area contributed by atoms with Crippen LogP contribution >= 0.6 is 0 Å². The Balaban J connectivity index is 1.68. The molecule has 0 unspecified atom stereocenters. The number of nitrogens with one attached hydrogen (secondary N) is 1. The Bertz CT molecular complexity index is 720. The van der Waals surface area contributed by atoms with E-state index in [1.807, 2.05) is 30.3 Å². The van der Waals surface area contributed by atoms with Gasteiger partial charge in [0.25, 0.3) is 0 Å². The van der Waals surface area contributed by atoms with E-state index in [1.54, 1.807) is 0 Å². The van der Waals surface area contributed by atoms with Crippen molar-refractivity contribution in [2.45, 2.75) is 19.9 Å². The molecule has 0 aliphatic heterocycles. The maximum absolute atomic E-state index is 5.79. The van der Waals surface area contributed by atoms with Gasteiger partial charge in [0.2, 0.25) is 0 Å². The highest BCUT2D eigenvalue weighted by atomic mass is 16.3. The van der Waals surface area contributed by atoms with Gasteiger partial charge in [-0.1, -0.05) is 56.0 Å². The second-order valence-corrected chi connectivity index (χ2v) is 5.15. The fourth-order valence-electron chi connectivity index (χ4n) is 2.32. The van der Waals surface area contributed by atoms with Crippen molar-refractivity contribution in [2.75, 3.05) is 0 Å². The standard InChI is InChI=1S/C19H19NO/c1-3-15-8-10-16(11-9-15)13-20-14(2)19-12-17-6-4-5-7-18(17)21-19/h4-12,20H,2-3,13H2,1H3. The molecule has 0 saturated heterocycles. The molecule has 0 radical (unpaired) electrons. The quantitative estimate of drug-likeness (QED) is 0.727. The Hall–Kier alpha value is -2.48. The second kappa shape index (κ2) is 5.88. The Morgan fingerprint density at radius 1 is 1.05 bits per heavy atom. The first kappa shape index (κ1) is 13.5. The summed E-state index contributed by atoms with van der Waals surface area (Å²) in [5.74, 6) is 0.793. The molecule has 0 saturated carbocycles. The fraction of sp³-hybridized carbons (Fsp3) is 0.158. The van der Waals surface area contributed by atoms with Crippen molar-refractivity contribution in [2.24, 2.45) is 0 Å². The Morgan fingerprint density at radius 3 is 2.48 bits per heavy atom. The van der Waals surface area contributed by atoms with Gasteiger partial charge >= 0.3 is 0 Å². The summed E-state index contributed by atoms with van der Waals surface area (Å²) >= 11 is 0. The smallest absolute Gasteiger partial charge is 0.150 e. The number of hydrogen-bond acceptors (Lipinski definition) is 2. The van der Waals surface area contributed by atoms with Gasteiger partial charge in [-0.3, -0.25) is 0 Å². The molecule has 0 atom stereocenters. The van der Waals surface area contributed by atoms with E-state index in [4.69, 9.17) is 4.42 Å². The van der Waals surface area contributed by atoms with Gasteiger partial charge in [0.15, 0.2) is 5.76 Å². The van der Waals surface area contributed by atoms with Gasteiger partial charge in [-0.05, 0) is 29.7 Å². The van der Waals surface area contributed by atoms with E-state index in [-0.39, 0.29) is 0 Å². The van der Waals surface area contributed by atoms with Crippen LogP contribution in [-0.2, 0) is 13.0 Å². The number of benzene rings is 2. The van der Waals surface area contributed by atoms with Gasteiger partial charge in [-0.15, -0.1) is 0 Å². The lowest BCUT2D eigenvalue weighted by Crippen LogP contribution is -2.10. The van der Waals surface area contributed by atoms with Crippen molar-refractivity contribution in [3.8, 4) is 0 Å². The van der Waals surface area contributed by atoms with Crippen LogP contribution in [0.3, 0.4) is 0 Å². The number of fused-ring (bicyclic) bond motifs is 1. The lowest BCUT2D eigenvalue weighted by molar-refractivity contribution is 0.591. The summed E-state index contributed by atoms with van der Waals surface area (Å²) in [5, 5.41) is 4.43. The zero-order valence-corrected chi connectivity index (χ0v) is 12.2. The topological polar surface area (TPSA) is 25.2 Å². The van der Waals surface area contributed by atoms with E-state index >= 15 is 0 Å². The minimum Gasteiger partial charge on any atom is -0.455 e. The number of para-hydroxylation sites is 1. The molecule has 1 N–H and O–H groups in total. The third kappa shape index (κ3) is 3.00. The molecule has 0 spiro atoms. The van der Waals surface area contributed by atoms with Crippen molar-refractivity contribution in [3.63, 3.8) is 0 Å². The third-order valence-electron chi connectivity index (χ3n) is 3.66. The Labute approximate surface area is 125 Å². The van der Waals surface area contributed by atoms with Gasteiger partial charge in [0.1, 0.15) is 5.58 Å². The van der Waals surface area contributed by atoms with Crippen LogP contribution in [0, 0.1) is 0 Å². The largest absolute Gasteiger partial charge is 0.455 e. The van der Waals surface area contributed by atoms with Crippen molar-refractivity contribution >= 4 is 16.7 Å². The van der Waals surface area contributed by atoms with Crippen LogP contribution in [0.15, 0.2) is 65.6 Å². The van der Waals surface area contributed by atoms with Crippen LogP contribution in [-0.4, -0.2) is 0 Å². The predicted octanol–water partition coefficient (Wildman–Crippen LogP) is 4.76. The maximum atomic E-state index is 5.79. The molecular weight excluding hydrogens is 258 g/mol. The lowest BCUT2D eigenvalue weighted by Gasteiger charge is -2.07. The SMILES string of the molecule is C=C(NCc1ccc(CC)cc1)c1cc2ccccc2o1. The van der Waals surface area contributed by atoms with Gasteiger partial charge in [-0.25, -0.2) is 0 Å². The molecule has 3 rings (SSSR count). The number of aryl methyl sites for hydroxylation is 1. The normalized spacial score (nSPS) is 10.7. The Kier molecular flexibility index (Phi) is 3.78. The summed E-state index contributed by atoms with van der Waals surface area (Å²) in [6.07, 6.45) is 1.07. The van der Waals surface area contributed by atoms with Crippen LogP contribution < -0.4 is 5.32 Å². The predicted molar refractivity (Wildman–Crippen MR) is 87.9 cm³/mol.